The van der Waals surface area contributed by atoms with E-state index in [0.29, 0.717) is 24.1 Å². The third-order valence-electron chi connectivity index (χ3n) is 2.75. The van der Waals surface area contributed by atoms with Crippen LogP contribution in [0, 0.1) is 6.92 Å². The Morgan fingerprint density at radius 1 is 1.29 bits per heavy atom. The molecule has 17 heavy (non-hydrogen) atoms. The molecule has 0 atom stereocenters. The molecule has 0 saturated heterocycles. The van der Waals surface area contributed by atoms with E-state index in [9.17, 15) is 13.2 Å². The molecule has 0 amide bonds. The first kappa shape index (κ1) is 11.9. The van der Waals surface area contributed by atoms with Crippen LogP contribution in [0.3, 0.4) is 0 Å². The minimum absolute atomic E-state index is 0.413. The maximum atomic E-state index is 12.6. The van der Waals surface area contributed by atoms with Gasteiger partial charge < -0.3 is 0 Å². The van der Waals surface area contributed by atoms with Crippen molar-refractivity contribution in [3.8, 4) is 0 Å². The van der Waals surface area contributed by atoms with Gasteiger partial charge >= 0.3 is 6.18 Å². The lowest BCUT2D eigenvalue weighted by Crippen LogP contribution is -2.12. The third kappa shape index (κ3) is 2.57. The van der Waals surface area contributed by atoms with Crippen LogP contribution in [0.15, 0.2) is 36.1 Å². The molecule has 1 heterocycles. The van der Waals surface area contributed by atoms with E-state index in [1.807, 2.05) is 13.0 Å². The largest absolute Gasteiger partial charge is 0.416 e. The van der Waals surface area contributed by atoms with Crippen LogP contribution < -0.4 is 0 Å². The molecule has 0 saturated carbocycles. The van der Waals surface area contributed by atoms with Gasteiger partial charge in [0.2, 0.25) is 0 Å². The maximum absolute atomic E-state index is 12.6. The molecular formula is C13H12F3N. The van der Waals surface area contributed by atoms with Crippen LogP contribution >= 0.6 is 0 Å². The van der Waals surface area contributed by atoms with Crippen molar-refractivity contribution in [1.82, 2.24) is 4.98 Å². The van der Waals surface area contributed by atoms with E-state index in [1.54, 1.807) is 12.3 Å². The predicted octanol–water partition coefficient (Wildman–Crippen LogP) is 4.06. The van der Waals surface area contributed by atoms with Gasteiger partial charge in [0.05, 0.1) is 11.3 Å². The van der Waals surface area contributed by atoms with Gasteiger partial charge in [0.1, 0.15) is 0 Å². The molecule has 1 aromatic rings. The van der Waals surface area contributed by atoms with Crippen LogP contribution in [0.4, 0.5) is 13.2 Å². The molecule has 2 rings (SSSR count). The molecule has 0 fully saturated rings. The molecule has 0 radical (unpaired) electrons. The first-order valence-electron chi connectivity index (χ1n) is 5.38. The van der Waals surface area contributed by atoms with Gasteiger partial charge in [-0.05, 0) is 43.0 Å². The van der Waals surface area contributed by atoms with Crippen LogP contribution in [0.25, 0.3) is 5.57 Å². The fraction of sp³-hybridized carbons (Fsp3) is 0.308. The summed E-state index contributed by atoms with van der Waals surface area (Å²) in [6.45, 7) is 1.86. The Morgan fingerprint density at radius 2 is 2.06 bits per heavy atom. The van der Waals surface area contributed by atoms with Crippen LogP contribution in [0.5, 0.6) is 0 Å². The first-order valence-corrected chi connectivity index (χ1v) is 5.38. The number of aryl methyl sites for hydroxylation is 1. The summed E-state index contributed by atoms with van der Waals surface area (Å²) in [6.07, 6.45) is 0.803. The summed E-state index contributed by atoms with van der Waals surface area (Å²) in [4.78, 5) is 4.16. The molecule has 1 aliphatic rings. The lowest BCUT2D eigenvalue weighted by molar-refractivity contribution is -0.0885. The lowest BCUT2D eigenvalue weighted by atomic mass is 9.94. The van der Waals surface area contributed by atoms with Crippen molar-refractivity contribution in [2.75, 3.05) is 0 Å². The lowest BCUT2D eigenvalue weighted by Gasteiger charge is -2.16. The summed E-state index contributed by atoms with van der Waals surface area (Å²) in [5.41, 5.74) is 1.67. The Morgan fingerprint density at radius 3 is 2.71 bits per heavy atom. The normalized spacial score (nSPS) is 16.5. The molecule has 1 aliphatic carbocycles. The van der Waals surface area contributed by atoms with E-state index in [1.165, 1.54) is 12.2 Å². The Hall–Kier alpha value is -1.58. The maximum Gasteiger partial charge on any atom is 0.416 e. The molecule has 0 bridgehead atoms. The number of aromatic nitrogens is 1. The monoisotopic (exact) mass is 239 g/mol. The molecule has 1 nitrogen and oxygen atoms in total. The van der Waals surface area contributed by atoms with Crippen LogP contribution in [-0.2, 0) is 0 Å². The van der Waals surface area contributed by atoms with Crippen molar-refractivity contribution < 1.29 is 13.2 Å². The SMILES string of the molecule is Cc1cccnc1C1=CC(C(F)(F)F)=CCC1. The number of nitrogens with zero attached hydrogens (tertiary/aromatic N) is 1. The highest BCUT2D eigenvalue weighted by Crippen LogP contribution is 2.34. The number of pyridine rings is 1. The van der Waals surface area contributed by atoms with Crippen molar-refractivity contribution in [3.05, 3.63) is 47.3 Å². The summed E-state index contributed by atoms with van der Waals surface area (Å²) >= 11 is 0. The second-order valence-corrected chi connectivity index (χ2v) is 4.03. The van der Waals surface area contributed by atoms with Gasteiger partial charge in [-0.1, -0.05) is 12.1 Å². The van der Waals surface area contributed by atoms with Crippen molar-refractivity contribution in [1.29, 1.82) is 0 Å². The minimum Gasteiger partial charge on any atom is -0.256 e. The molecule has 0 spiro atoms. The second-order valence-electron chi connectivity index (χ2n) is 4.03. The second kappa shape index (κ2) is 4.35. The number of allylic oxidation sites excluding steroid dienone is 4. The van der Waals surface area contributed by atoms with E-state index in [-0.39, 0.29) is 0 Å². The van der Waals surface area contributed by atoms with E-state index in [4.69, 9.17) is 0 Å². The highest BCUT2D eigenvalue weighted by atomic mass is 19.4. The smallest absolute Gasteiger partial charge is 0.256 e. The van der Waals surface area contributed by atoms with Gasteiger partial charge in [0.25, 0.3) is 0 Å². The fourth-order valence-corrected chi connectivity index (χ4v) is 1.91. The Labute approximate surface area is 97.7 Å². The highest BCUT2D eigenvalue weighted by molar-refractivity contribution is 5.69. The fourth-order valence-electron chi connectivity index (χ4n) is 1.91. The zero-order chi connectivity index (χ0) is 12.5. The summed E-state index contributed by atoms with van der Waals surface area (Å²) in [7, 11) is 0. The number of hydrogen-bond acceptors (Lipinski definition) is 1. The Bertz CT molecular complexity index is 484. The quantitative estimate of drug-likeness (QED) is 0.720. The van der Waals surface area contributed by atoms with Crippen LogP contribution in [0.2, 0.25) is 0 Å². The van der Waals surface area contributed by atoms with Crippen LogP contribution in [0.1, 0.15) is 24.1 Å². The van der Waals surface area contributed by atoms with Gasteiger partial charge in [-0.25, -0.2) is 0 Å². The van der Waals surface area contributed by atoms with E-state index in [2.05, 4.69) is 4.98 Å². The zero-order valence-electron chi connectivity index (χ0n) is 9.38. The molecule has 90 valence electrons. The molecule has 0 aromatic carbocycles. The third-order valence-corrected chi connectivity index (χ3v) is 2.75. The summed E-state index contributed by atoms with van der Waals surface area (Å²) in [5.74, 6) is 0. The average molecular weight is 239 g/mol. The molecule has 1 aromatic heterocycles. The molecule has 4 heteroatoms. The van der Waals surface area contributed by atoms with Gasteiger partial charge in [-0.3, -0.25) is 4.98 Å². The summed E-state index contributed by atoms with van der Waals surface area (Å²) < 4.78 is 37.8. The van der Waals surface area contributed by atoms with E-state index < -0.39 is 11.7 Å². The van der Waals surface area contributed by atoms with Crippen molar-refractivity contribution >= 4 is 5.57 Å². The Kier molecular flexibility index (Phi) is 3.05. The standard InChI is InChI=1S/C13H12F3N/c1-9-4-3-7-17-12(9)10-5-2-6-11(8-10)13(14,15)16/h3-4,6-8H,2,5H2,1H3. The van der Waals surface area contributed by atoms with E-state index >= 15 is 0 Å². The predicted molar refractivity (Wildman–Crippen MR) is 60.3 cm³/mol. The summed E-state index contributed by atoms with van der Waals surface area (Å²) in [5, 5.41) is 0. The number of hydrogen-bond donors (Lipinski definition) is 0. The number of rotatable bonds is 1. The molecule has 0 aliphatic heterocycles. The summed E-state index contributed by atoms with van der Waals surface area (Å²) in [6, 6.07) is 3.64. The molecular weight excluding hydrogens is 227 g/mol. The topological polar surface area (TPSA) is 12.9 Å². The number of alkyl halides is 3. The first-order chi connectivity index (χ1) is 7.98. The van der Waals surface area contributed by atoms with Gasteiger partial charge in [-0.15, -0.1) is 0 Å². The number of halogens is 3. The van der Waals surface area contributed by atoms with Gasteiger partial charge in [0.15, 0.2) is 0 Å². The molecule has 0 N–H and O–H groups in total. The van der Waals surface area contributed by atoms with Crippen molar-refractivity contribution in [2.24, 2.45) is 0 Å². The van der Waals surface area contributed by atoms with Crippen molar-refractivity contribution in [3.63, 3.8) is 0 Å². The zero-order valence-corrected chi connectivity index (χ0v) is 9.38. The van der Waals surface area contributed by atoms with Crippen molar-refractivity contribution in [2.45, 2.75) is 25.9 Å². The minimum atomic E-state index is -4.27. The Balaban J connectivity index is 2.39. The van der Waals surface area contributed by atoms with Gasteiger partial charge in [-0.2, -0.15) is 13.2 Å². The van der Waals surface area contributed by atoms with Crippen LogP contribution in [-0.4, -0.2) is 11.2 Å². The molecule has 0 unspecified atom stereocenters. The highest BCUT2D eigenvalue weighted by Gasteiger charge is 2.33. The van der Waals surface area contributed by atoms with E-state index in [0.717, 1.165) is 5.56 Å². The van der Waals surface area contributed by atoms with Gasteiger partial charge in [0, 0.05) is 6.20 Å². The average Bonchev–Trinajstić information content (AvgIpc) is 2.29.